The predicted octanol–water partition coefficient (Wildman–Crippen LogP) is 0.936. The van der Waals surface area contributed by atoms with Crippen LogP contribution in [0.4, 0.5) is 0 Å². The van der Waals surface area contributed by atoms with Crippen molar-refractivity contribution in [3.8, 4) is 0 Å². The third-order valence-corrected chi connectivity index (χ3v) is 2.62. The molecule has 2 nitrogen and oxygen atoms in total. The quantitative estimate of drug-likeness (QED) is 0.654. The zero-order valence-electron chi connectivity index (χ0n) is 8.15. The smallest absolute Gasteiger partial charge is 0.00593 e. The van der Waals surface area contributed by atoms with Crippen LogP contribution in [0.3, 0.4) is 0 Å². The summed E-state index contributed by atoms with van der Waals surface area (Å²) in [6.45, 7) is 10.4. The number of nitrogens with zero attached hydrogens (tertiary/aromatic N) is 1. The Bertz CT molecular complexity index is 128. The van der Waals surface area contributed by atoms with Gasteiger partial charge in [0, 0.05) is 31.1 Å². The maximum atomic E-state index is 3.32. The van der Waals surface area contributed by atoms with E-state index in [1.54, 1.807) is 0 Å². The zero-order chi connectivity index (χ0) is 8.48. The molecule has 0 radical (unpaired) electrons. The van der Waals surface area contributed by atoms with Crippen LogP contribution in [0.5, 0.6) is 0 Å². The van der Waals surface area contributed by atoms with Crippen LogP contribution in [0, 0.1) is 5.41 Å². The maximum absolute atomic E-state index is 3.32. The first-order valence-corrected chi connectivity index (χ1v) is 4.44. The van der Waals surface area contributed by atoms with Crippen molar-refractivity contribution in [2.24, 2.45) is 5.41 Å². The standard InChI is InChI=1S/C9H20N2/c1-8(2)11(4)7-9(3)5-10-6-9/h8,10H,5-7H2,1-4H3. The highest BCUT2D eigenvalue weighted by atomic mass is 15.1. The summed E-state index contributed by atoms with van der Waals surface area (Å²) in [4.78, 5) is 2.42. The number of nitrogens with one attached hydrogen (secondary N) is 1. The van der Waals surface area contributed by atoms with E-state index in [0.29, 0.717) is 11.5 Å². The lowest BCUT2D eigenvalue weighted by Crippen LogP contribution is -2.57. The number of rotatable bonds is 3. The summed E-state index contributed by atoms with van der Waals surface area (Å²) in [5, 5.41) is 3.32. The van der Waals surface area contributed by atoms with Crippen molar-refractivity contribution in [3.05, 3.63) is 0 Å². The van der Waals surface area contributed by atoms with Crippen molar-refractivity contribution < 1.29 is 0 Å². The lowest BCUT2D eigenvalue weighted by atomic mass is 9.83. The van der Waals surface area contributed by atoms with E-state index in [9.17, 15) is 0 Å². The predicted molar refractivity (Wildman–Crippen MR) is 48.7 cm³/mol. The van der Waals surface area contributed by atoms with E-state index in [-0.39, 0.29) is 0 Å². The molecular weight excluding hydrogens is 136 g/mol. The van der Waals surface area contributed by atoms with E-state index in [0.717, 1.165) is 0 Å². The highest BCUT2D eigenvalue weighted by Gasteiger charge is 2.32. The fourth-order valence-corrected chi connectivity index (χ4v) is 1.45. The molecule has 0 aromatic rings. The van der Waals surface area contributed by atoms with Crippen LogP contribution < -0.4 is 5.32 Å². The minimum absolute atomic E-state index is 0.541. The lowest BCUT2D eigenvalue weighted by Gasteiger charge is -2.43. The molecule has 0 bridgehead atoms. The summed E-state index contributed by atoms with van der Waals surface area (Å²) in [5.41, 5.74) is 0.541. The first kappa shape index (κ1) is 9.01. The third kappa shape index (κ3) is 2.17. The Morgan fingerprint density at radius 1 is 1.45 bits per heavy atom. The minimum atomic E-state index is 0.541. The molecule has 1 heterocycles. The highest BCUT2D eigenvalue weighted by Crippen LogP contribution is 2.22. The van der Waals surface area contributed by atoms with E-state index < -0.39 is 0 Å². The molecule has 1 fully saturated rings. The number of hydrogen-bond donors (Lipinski definition) is 1. The fraction of sp³-hybridized carbons (Fsp3) is 1.00. The molecule has 0 atom stereocenters. The molecule has 0 unspecified atom stereocenters. The second kappa shape index (κ2) is 3.11. The van der Waals surface area contributed by atoms with Crippen LogP contribution in [-0.2, 0) is 0 Å². The lowest BCUT2D eigenvalue weighted by molar-refractivity contribution is 0.107. The topological polar surface area (TPSA) is 15.3 Å². The molecule has 0 spiro atoms. The van der Waals surface area contributed by atoms with Gasteiger partial charge in [-0.15, -0.1) is 0 Å². The van der Waals surface area contributed by atoms with Gasteiger partial charge in [0.25, 0.3) is 0 Å². The zero-order valence-corrected chi connectivity index (χ0v) is 8.15. The molecule has 1 rings (SSSR count). The van der Waals surface area contributed by atoms with Gasteiger partial charge in [-0.05, 0) is 20.9 Å². The average molecular weight is 156 g/mol. The largest absolute Gasteiger partial charge is 0.315 e. The first-order chi connectivity index (χ1) is 5.03. The van der Waals surface area contributed by atoms with Crippen LogP contribution in [0.1, 0.15) is 20.8 Å². The van der Waals surface area contributed by atoms with E-state index >= 15 is 0 Å². The van der Waals surface area contributed by atoms with Crippen molar-refractivity contribution in [2.75, 3.05) is 26.7 Å². The van der Waals surface area contributed by atoms with Crippen LogP contribution in [0.2, 0.25) is 0 Å². The molecule has 0 aromatic carbocycles. The van der Waals surface area contributed by atoms with E-state index in [4.69, 9.17) is 0 Å². The second-order valence-corrected chi connectivity index (χ2v) is 4.42. The summed E-state index contributed by atoms with van der Waals surface area (Å²) >= 11 is 0. The summed E-state index contributed by atoms with van der Waals surface area (Å²) in [6.07, 6.45) is 0. The fourth-order valence-electron chi connectivity index (χ4n) is 1.45. The van der Waals surface area contributed by atoms with Crippen LogP contribution in [0.25, 0.3) is 0 Å². The van der Waals surface area contributed by atoms with Crippen molar-refractivity contribution in [2.45, 2.75) is 26.8 Å². The Balaban J connectivity index is 2.29. The van der Waals surface area contributed by atoms with Crippen molar-refractivity contribution >= 4 is 0 Å². The van der Waals surface area contributed by atoms with E-state index in [1.807, 2.05) is 0 Å². The van der Waals surface area contributed by atoms with E-state index in [1.165, 1.54) is 19.6 Å². The normalized spacial score (nSPS) is 22.4. The summed E-state index contributed by atoms with van der Waals surface area (Å²) in [6, 6.07) is 0.674. The Kier molecular flexibility index (Phi) is 2.55. The molecule has 0 saturated carbocycles. The Morgan fingerprint density at radius 2 is 2.00 bits per heavy atom. The molecule has 1 N–H and O–H groups in total. The second-order valence-electron chi connectivity index (χ2n) is 4.42. The summed E-state index contributed by atoms with van der Waals surface area (Å²) in [5.74, 6) is 0. The van der Waals surface area contributed by atoms with Crippen molar-refractivity contribution in [1.82, 2.24) is 10.2 Å². The molecule has 0 aliphatic carbocycles. The molecule has 11 heavy (non-hydrogen) atoms. The van der Waals surface area contributed by atoms with E-state index in [2.05, 4.69) is 38.0 Å². The molecule has 66 valence electrons. The van der Waals surface area contributed by atoms with Crippen LogP contribution in [0.15, 0.2) is 0 Å². The van der Waals surface area contributed by atoms with Crippen LogP contribution in [-0.4, -0.2) is 37.6 Å². The van der Waals surface area contributed by atoms with Gasteiger partial charge in [0.15, 0.2) is 0 Å². The van der Waals surface area contributed by atoms with Crippen molar-refractivity contribution in [1.29, 1.82) is 0 Å². The van der Waals surface area contributed by atoms with Crippen LogP contribution >= 0.6 is 0 Å². The Labute approximate surface area is 70.0 Å². The Morgan fingerprint density at radius 3 is 2.27 bits per heavy atom. The number of hydrogen-bond acceptors (Lipinski definition) is 2. The van der Waals surface area contributed by atoms with Gasteiger partial charge in [0.1, 0.15) is 0 Å². The third-order valence-electron chi connectivity index (χ3n) is 2.62. The maximum Gasteiger partial charge on any atom is 0.00593 e. The van der Waals surface area contributed by atoms with Gasteiger partial charge in [-0.1, -0.05) is 6.92 Å². The minimum Gasteiger partial charge on any atom is -0.315 e. The van der Waals surface area contributed by atoms with Gasteiger partial charge < -0.3 is 10.2 Å². The van der Waals surface area contributed by atoms with Gasteiger partial charge in [0.2, 0.25) is 0 Å². The van der Waals surface area contributed by atoms with Gasteiger partial charge >= 0.3 is 0 Å². The van der Waals surface area contributed by atoms with Gasteiger partial charge in [-0.3, -0.25) is 0 Å². The monoisotopic (exact) mass is 156 g/mol. The molecule has 1 aliphatic rings. The SMILES string of the molecule is CC(C)N(C)CC1(C)CNC1. The first-order valence-electron chi connectivity index (χ1n) is 4.44. The van der Waals surface area contributed by atoms with Gasteiger partial charge in [0.05, 0.1) is 0 Å². The average Bonchev–Trinajstić information content (AvgIpc) is 1.84. The molecular formula is C9H20N2. The molecule has 1 aliphatic heterocycles. The molecule has 1 saturated heterocycles. The molecule has 0 amide bonds. The summed E-state index contributed by atoms with van der Waals surface area (Å²) in [7, 11) is 2.20. The summed E-state index contributed by atoms with van der Waals surface area (Å²) < 4.78 is 0. The van der Waals surface area contributed by atoms with Crippen molar-refractivity contribution in [3.63, 3.8) is 0 Å². The molecule has 2 heteroatoms. The highest BCUT2D eigenvalue weighted by molar-refractivity contribution is 4.90. The van der Waals surface area contributed by atoms with Gasteiger partial charge in [-0.2, -0.15) is 0 Å². The Hall–Kier alpha value is -0.0800. The molecule has 0 aromatic heterocycles. The van der Waals surface area contributed by atoms with Gasteiger partial charge in [-0.25, -0.2) is 0 Å².